The van der Waals surface area contributed by atoms with Crippen LogP contribution in [0, 0.1) is 5.92 Å². The quantitative estimate of drug-likeness (QED) is 0.814. The van der Waals surface area contributed by atoms with E-state index in [-0.39, 0.29) is 0 Å². The van der Waals surface area contributed by atoms with Crippen molar-refractivity contribution in [1.29, 1.82) is 0 Å². The normalized spacial score (nSPS) is 11.6. The lowest BCUT2D eigenvalue weighted by molar-refractivity contribution is 0.524. The summed E-state index contributed by atoms with van der Waals surface area (Å²) in [5.74, 6) is 1.49. The molecular formula is C14H18BrNO. The summed E-state index contributed by atoms with van der Waals surface area (Å²) in [4.78, 5) is 4.53. The summed E-state index contributed by atoms with van der Waals surface area (Å²) in [6.45, 7) is 6.58. The van der Waals surface area contributed by atoms with E-state index in [0.717, 1.165) is 40.7 Å². The highest BCUT2D eigenvalue weighted by Crippen LogP contribution is 2.28. The van der Waals surface area contributed by atoms with Gasteiger partial charge in [-0.05, 0) is 52.4 Å². The summed E-state index contributed by atoms with van der Waals surface area (Å²) in [6.07, 6.45) is 3.04. The van der Waals surface area contributed by atoms with Gasteiger partial charge in [-0.25, -0.2) is 4.98 Å². The number of aryl methyl sites for hydroxylation is 1. The van der Waals surface area contributed by atoms with Gasteiger partial charge in [-0.15, -0.1) is 0 Å². The van der Waals surface area contributed by atoms with Crippen LogP contribution in [-0.4, -0.2) is 4.98 Å². The zero-order valence-corrected chi connectivity index (χ0v) is 12.2. The van der Waals surface area contributed by atoms with Crippen LogP contribution in [0.4, 0.5) is 0 Å². The smallest absolute Gasteiger partial charge is 0.195 e. The van der Waals surface area contributed by atoms with E-state index in [1.165, 1.54) is 5.56 Å². The molecule has 0 amide bonds. The molecule has 92 valence electrons. The van der Waals surface area contributed by atoms with Crippen LogP contribution >= 0.6 is 15.9 Å². The lowest BCUT2D eigenvalue weighted by atomic mass is 10.0. The maximum Gasteiger partial charge on any atom is 0.195 e. The summed E-state index contributed by atoms with van der Waals surface area (Å²) in [5, 5.41) is 0. The first-order valence-electron chi connectivity index (χ1n) is 6.18. The molecular weight excluding hydrogens is 278 g/mol. The predicted molar refractivity (Wildman–Crippen MR) is 74.2 cm³/mol. The molecule has 1 aromatic heterocycles. The fourth-order valence-electron chi connectivity index (χ4n) is 2.00. The van der Waals surface area contributed by atoms with E-state index in [2.05, 4.69) is 53.8 Å². The first-order valence-corrected chi connectivity index (χ1v) is 6.97. The maximum atomic E-state index is 5.74. The number of fused-ring (bicyclic) bond motifs is 1. The number of nitrogens with zero attached hydrogens (tertiary/aromatic N) is 1. The Bertz CT molecular complexity index is 516. The Hall–Kier alpha value is -0.830. The molecule has 0 N–H and O–H groups in total. The zero-order chi connectivity index (χ0) is 12.4. The Balaban J connectivity index is 2.42. The number of oxazole rings is 1. The van der Waals surface area contributed by atoms with Gasteiger partial charge in [0.2, 0.25) is 0 Å². The van der Waals surface area contributed by atoms with Crippen LogP contribution in [-0.2, 0) is 12.8 Å². The Morgan fingerprint density at radius 2 is 2.12 bits per heavy atom. The number of halogens is 1. The minimum absolute atomic E-state index is 0.654. The van der Waals surface area contributed by atoms with Crippen LogP contribution in [0.2, 0.25) is 0 Å². The molecule has 0 radical (unpaired) electrons. The van der Waals surface area contributed by atoms with Gasteiger partial charge < -0.3 is 4.42 Å². The molecule has 0 saturated carbocycles. The summed E-state index contributed by atoms with van der Waals surface area (Å²) in [5.41, 5.74) is 3.16. The molecule has 0 saturated heterocycles. The minimum atomic E-state index is 0.654. The van der Waals surface area contributed by atoms with E-state index < -0.39 is 0 Å². The second-order valence-electron chi connectivity index (χ2n) is 4.88. The molecule has 2 nitrogen and oxygen atoms in total. The van der Waals surface area contributed by atoms with Crippen molar-refractivity contribution in [3.8, 4) is 0 Å². The van der Waals surface area contributed by atoms with E-state index in [0.29, 0.717) is 5.92 Å². The van der Waals surface area contributed by atoms with Crippen molar-refractivity contribution >= 4 is 27.0 Å². The van der Waals surface area contributed by atoms with Gasteiger partial charge in [-0.3, -0.25) is 0 Å². The molecule has 0 atom stereocenters. The highest BCUT2D eigenvalue weighted by Gasteiger charge is 2.10. The van der Waals surface area contributed by atoms with Crippen molar-refractivity contribution in [1.82, 2.24) is 4.98 Å². The number of rotatable bonds is 4. The van der Waals surface area contributed by atoms with Crippen LogP contribution in [0.25, 0.3) is 11.1 Å². The lowest BCUT2D eigenvalue weighted by Gasteiger charge is -2.04. The van der Waals surface area contributed by atoms with Crippen molar-refractivity contribution in [2.24, 2.45) is 5.92 Å². The van der Waals surface area contributed by atoms with E-state index in [1.54, 1.807) is 0 Å². The van der Waals surface area contributed by atoms with E-state index in [4.69, 9.17) is 4.42 Å². The summed E-state index contributed by atoms with van der Waals surface area (Å²) in [6, 6.07) is 4.28. The third-order valence-electron chi connectivity index (χ3n) is 2.66. The van der Waals surface area contributed by atoms with Crippen molar-refractivity contribution in [3.05, 3.63) is 28.1 Å². The van der Waals surface area contributed by atoms with Gasteiger partial charge in [0, 0.05) is 6.42 Å². The van der Waals surface area contributed by atoms with Gasteiger partial charge in [0.25, 0.3) is 0 Å². The Morgan fingerprint density at radius 3 is 2.76 bits per heavy atom. The zero-order valence-electron chi connectivity index (χ0n) is 10.6. The van der Waals surface area contributed by atoms with Crippen molar-refractivity contribution < 1.29 is 4.42 Å². The van der Waals surface area contributed by atoms with Gasteiger partial charge in [0.15, 0.2) is 11.5 Å². The number of aromatic nitrogens is 1. The van der Waals surface area contributed by atoms with Crippen molar-refractivity contribution in [3.63, 3.8) is 0 Å². The fourth-order valence-corrected chi connectivity index (χ4v) is 2.58. The van der Waals surface area contributed by atoms with Gasteiger partial charge in [-0.1, -0.05) is 20.8 Å². The molecule has 0 aliphatic heterocycles. The number of benzene rings is 1. The number of hydrogen-bond donors (Lipinski definition) is 0. The van der Waals surface area contributed by atoms with Crippen LogP contribution < -0.4 is 0 Å². The first kappa shape index (κ1) is 12.6. The maximum absolute atomic E-state index is 5.74. The summed E-state index contributed by atoms with van der Waals surface area (Å²) in [7, 11) is 0. The molecule has 0 aliphatic carbocycles. The topological polar surface area (TPSA) is 26.0 Å². The lowest BCUT2D eigenvalue weighted by Crippen LogP contribution is -1.93. The first-order chi connectivity index (χ1) is 8.10. The molecule has 0 bridgehead atoms. The van der Waals surface area contributed by atoms with Crippen molar-refractivity contribution in [2.45, 2.75) is 40.0 Å². The largest absolute Gasteiger partial charge is 0.440 e. The average molecular weight is 296 g/mol. The van der Waals surface area contributed by atoms with E-state index >= 15 is 0 Å². The molecule has 3 heteroatoms. The SMILES string of the molecule is CCCc1nc2cc(CC(C)C)cc(Br)c2o1. The fraction of sp³-hybridized carbons (Fsp3) is 0.500. The average Bonchev–Trinajstić information content (AvgIpc) is 2.60. The third kappa shape index (κ3) is 2.89. The predicted octanol–water partition coefficient (Wildman–Crippen LogP) is 4.74. The monoisotopic (exact) mass is 295 g/mol. The molecule has 0 unspecified atom stereocenters. The third-order valence-corrected chi connectivity index (χ3v) is 3.25. The highest BCUT2D eigenvalue weighted by atomic mass is 79.9. The summed E-state index contributed by atoms with van der Waals surface area (Å²) < 4.78 is 6.76. The molecule has 0 spiro atoms. The molecule has 0 fully saturated rings. The standard InChI is InChI=1S/C14H18BrNO/c1-4-5-13-16-12-8-10(6-9(2)3)7-11(15)14(12)17-13/h7-9H,4-6H2,1-3H3. The summed E-state index contributed by atoms with van der Waals surface area (Å²) >= 11 is 3.57. The van der Waals surface area contributed by atoms with Crippen LogP contribution in [0.3, 0.4) is 0 Å². The van der Waals surface area contributed by atoms with Crippen molar-refractivity contribution in [2.75, 3.05) is 0 Å². The Labute approximate surface area is 111 Å². The second-order valence-corrected chi connectivity index (χ2v) is 5.74. The van der Waals surface area contributed by atoms with E-state index in [9.17, 15) is 0 Å². The molecule has 1 heterocycles. The van der Waals surface area contributed by atoms with Gasteiger partial charge >= 0.3 is 0 Å². The molecule has 17 heavy (non-hydrogen) atoms. The molecule has 1 aromatic carbocycles. The van der Waals surface area contributed by atoms with Crippen LogP contribution in [0.1, 0.15) is 38.6 Å². The minimum Gasteiger partial charge on any atom is -0.440 e. The highest BCUT2D eigenvalue weighted by molar-refractivity contribution is 9.10. The van der Waals surface area contributed by atoms with Crippen LogP contribution in [0.5, 0.6) is 0 Å². The van der Waals surface area contributed by atoms with Gasteiger partial charge in [0.05, 0.1) is 4.47 Å². The van der Waals surface area contributed by atoms with E-state index in [1.807, 2.05) is 0 Å². The molecule has 2 aromatic rings. The van der Waals surface area contributed by atoms with Gasteiger partial charge in [0.1, 0.15) is 5.52 Å². The Kier molecular flexibility index (Phi) is 3.87. The molecule has 2 rings (SSSR count). The Morgan fingerprint density at radius 1 is 1.35 bits per heavy atom. The van der Waals surface area contributed by atoms with Gasteiger partial charge in [-0.2, -0.15) is 0 Å². The molecule has 0 aliphatic rings. The van der Waals surface area contributed by atoms with Crippen LogP contribution in [0.15, 0.2) is 21.0 Å². The number of hydrogen-bond acceptors (Lipinski definition) is 2. The second kappa shape index (κ2) is 5.21.